The Morgan fingerprint density at radius 2 is 0.971 bits per heavy atom. The van der Waals surface area contributed by atoms with Gasteiger partial charge in [-0.05, 0) is 87.5 Å². The maximum Gasteiger partial charge on any atom is 0.251 e. The van der Waals surface area contributed by atoms with Gasteiger partial charge in [0.15, 0.2) is 11.9 Å². The fraction of sp³-hybridized carbons (Fsp3) is 0.583. The number of hydrogen-bond acceptors (Lipinski definition) is 4. The van der Waals surface area contributed by atoms with E-state index in [0.717, 1.165) is 51.4 Å². The third kappa shape index (κ3) is 7.93. The van der Waals surface area contributed by atoms with E-state index in [1.165, 1.54) is 0 Å². The molecule has 0 aliphatic heterocycles. The molecule has 2 saturated carbocycles. The molecule has 10 N–H and O–H groups in total. The monoisotopic (exact) mass is 470 g/mol. The molecule has 0 atom stereocenters. The zero-order valence-corrected chi connectivity index (χ0v) is 19.7. The topological polar surface area (TPSA) is 187 Å². The summed E-state index contributed by atoms with van der Waals surface area (Å²) in [6.07, 6.45) is 7.56. The number of nitrogens with one attached hydrogen (secondary N) is 2. The summed E-state index contributed by atoms with van der Waals surface area (Å²) in [7, 11) is 0. The Labute approximate surface area is 201 Å². The quantitative estimate of drug-likeness (QED) is 0.241. The molecule has 186 valence electrons. The van der Waals surface area contributed by atoms with Gasteiger partial charge in [-0.25, -0.2) is 0 Å². The minimum absolute atomic E-state index is 0.112. The van der Waals surface area contributed by atoms with E-state index in [9.17, 15) is 9.59 Å². The minimum atomic E-state index is -0.112. The van der Waals surface area contributed by atoms with Gasteiger partial charge in [-0.3, -0.25) is 19.6 Å². The second kappa shape index (κ2) is 12.2. The summed E-state index contributed by atoms with van der Waals surface area (Å²) in [5, 5.41) is 6.21. The van der Waals surface area contributed by atoms with Gasteiger partial charge in [-0.1, -0.05) is 0 Å². The molecular formula is C24H38N8O2. The number of carbonyl (C=O) groups excluding carboxylic acids is 2. The van der Waals surface area contributed by atoms with Crippen LogP contribution >= 0.6 is 0 Å². The Morgan fingerprint density at radius 1 is 0.647 bits per heavy atom. The molecule has 10 heteroatoms. The van der Waals surface area contributed by atoms with Gasteiger partial charge in [-0.2, -0.15) is 0 Å². The van der Waals surface area contributed by atoms with E-state index in [4.69, 9.17) is 22.9 Å². The van der Waals surface area contributed by atoms with Crippen molar-refractivity contribution >= 4 is 23.7 Å². The predicted octanol–water partition coefficient (Wildman–Crippen LogP) is 0.811. The maximum atomic E-state index is 12.6. The van der Waals surface area contributed by atoms with Crippen molar-refractivity contribution < 1.29 is 9.59 Å². The van der Waals surface area contributed by atoms with Crippen LogP contribution in [0, 0.1) is 11.8 Å². The van der Waals surface area contributed by atoms with Crippen LogP contribution in [-0.4, -0.2) is 48.9 Å². The number of nitrogens with two attached hydrogens (primary N) is 4. The molecule has 1 aromatic carbocycles. The van der Waals surface area contributed by atoms with Crippen molar-refractivity contribution in [1.29, 1.82) is 0 Å². The molecule has 2 fully saturated rings. The van der Waals surface area contributed by atoms with Gasteiger partial charge < -0.3 is 33.6 Å². The number of benzene rings is 1. The molecule has 0 heterocycles. The summed E-state index contributed by atoms with van der Waals surface area (Å²) >= 11 is 0. The summed E-state index contributed by atoms with van der Waals surface area (Å²) in [4.78, 5) is 33.5. The number of hydrogen-bond donors (Lipinski definition) is 6. The van der Waals surface area contributed by atoms with E-state index in [-0.39, 0.29) is 35.8 Å². The predicted molar refractivity (Wildman–Crippen MR) is 134 cm³/mol. The van der Waals surface area contributed by atoms with E-state index in [1.807, 2.05) is 0 Å². The third-order valence-electron chi connectivity index (χ3n) is 6.84. The number of rotatable bonds is 8. The Hall–Kier alpha value is -3.30. The highest BCUT2D eigenvalue weighted by atomic mass is 16.2. The highest BCUT2D eigenvalue weighted by molar-refractivity contribution is 5.98. The fourth-order valence-corrected chi connectivity index (χ4v) is 4.76. The van der Waals surface area contributed by atoms with Gasteiger partial charge in [0.05, 0.1) is 0 Å². The van der Waals surface area contributed by atoms with Crippen molar-refractivity contribution in [2.24, 2.45) is 44.8 Å². The van der Waals surface area contributed by atoms with Gasteiger partial charge in [0.25, 0.3) is 11.8 Å². The molecule has 0 spiro atoms. The molecule has 2 aliphatic carbocycles. The average Bonchev–Trinajstić information content (AvgIpc) is 2.83. The second-order valence-corrected chi connectivity index (χ2v) is 9.49. The second-order valence-electron chi connectivity index (χ2n) is 9.49. The maximum absolute atomic E-state index is 12.6. The van der Waals surface area contributed by atoms with E-state index < -0.39 is 0 Å². The lowest BCUT2D eigenvalue weighted by atomic mass is 9.86. The Bertz CT molecular complexity index is 802. The van der Waals surface area contributed by atoms with Gasteiger partial charge in [0.1, 0.15) is 0 Å². The van der Waals surface area contributed by atoms with Gasteiger partial charge in [0, 0.05) is 36.3 Å². The molecule has 34 heavy (non-hydrogen) atoms. The Kier molecular flexibility index (Phi) is 9.12. The Balaban J connectivity index is 1.41. The van der Waals surface area contributed by atoms with E-state index in [2.05, 4.69) is 20.6 Å². The van der Waals surface area contributed by atoms with E-state index >= 15 is 0 Å². The van der Waals surface area contributed by atoms with Crippen LogP contribution in [0.2, 0.25) is 0 Å². The molecule has 2 amide bonds. The molecule has 1 aromatic rings. The average molecular weight is 471 g/mol. The lowest BCUT2D eigenvalue weighted by Gasteiger charge is -2.28. The smallest absolute Gasteiger partial charge is 0.251 e. The first-order valence-corrected chi connectivity index (χ1v) is 12.1. The third-order valence-corrected chi connectivity index (χ3v) is 6.84. The first-order chi connectivity index (χ1) is 16.3. The number of guanidine groups is 2. The number of carbonyl (C=O) groups is 2. The SMILES string of the molecule is NC(N)=NCC1CCC(NC(=O)c2ccc(C(=O)NC3CCC(CN=C(N)N)CC3)cc2)CC1. The largest absolute Gasteiger partial charge is 0.370 e. The summed E-state index contributed by atoms with van der Waals surface area (Å²) in [6.45, 7) is 1.29. The van der Waals surface area contributed by atoms with Crippen molar-refractivity contribution in [3.63, 3.8) is 0 Å². The van der Waals surface area contributed by atoms with Crippen LogP contribution in [0.5, 0.6) is 0 Å². The molecule has 0 unspecified atom stereocenters. The summed E-state index contributed by atoms with van der Waals surface area (Å²) in [6, 6.07) is 7.13. The number of amides is 2. The van der Waals surface area contributed by atoms with Crippen LogP contribution < -0.4 is 33.6 Å². The first-order valence-electron chi connectivity index (χ1n) is 12.1. The molecule has 3 rings (SSSR count). The normalized spacial score (nSPS) is 24.5. The molecule has 0 bridgehead atoms. The zero-order chi connectivity index (χ0) is 24.5. The number of nitrogens with zero attached hydrogens (tertiary/aromatic N) is 2. The van der Waals surface area contributed by atoms with Gasteiger partial charge in [0.2, 0.25) is 0 Å². The summed E-state index contributed by atoms with van der Waals surface area (Å²) in [5.41, 5.74) is 22.7. The molecule has 0 aromatic heterocycles. The lowest BCUT2D eigenvalue weighted by molar-refractivity contribution is 0.0910. The number of aliphatic imine (C=N–C) groups is 2. The van der Waals surface area contributed by atoms with Crippen molar-refractivity contribution in [1.82, 2.24) is 10.6 Å². The zero-order valence-electron chi connectivity index (χ0n) is 19.7. The highest BCUT2D eigenvalue weighted by Gasteiger charge is 2.24. The molecular weight excluding hydrogens is 432 g/mol. The van der Waals surface area contributed by atoms with Crippen molar-refractivity contribution in [3.8, 4) is 0 Å². The summed E-state index contributed by atoms with van der Waals surface area (Å²) < 4.78 is 0. The summed E-state index contributed by atoms with van der Waals surface area (Å²) in [5.74, 6) is 0.944. The molecule has 10 nitrogen and oxygen atoms in total. The molecule has 0 saturated heterocycles. The van der Waals surface area contributed by atoms with E-state index in [0.29, 0.717) is 36.1 Å². The highest BCUT2D eigenvalue weighted by Crippen LogP contribution is 2.26. The van der Waals surface area contributed by atoms with Crippen LogP contribution in [0.15, 0.2) is 34.3 Å². The van der Waals surface area contributed by atoms with Crippen LogP contribution in [0.1, 0.15) is 72.1 Å². The molecule has 2 aliphatic rings. The van der Waals surface area contributed by atoms with Gasteiger partial charge >= 0.3 is 0 Å². The van der Waals surface area contributed by atoms with Crippen molar-refractivity contribution in [3.05, 3.63) is 35.4 Å². The van der Waals surface area contributed by atoms with Crippen molar-refractivity contribution in [2.75, 3.05) is 13.1 Å². The van der Waals surface area contributed by atoms with Crippen LogP contribution in [0.3, 0.4) is 0 Å². The minimum Gasteiger partial charge on any atom is -0.370 e. The lowest BCUT2D eigenvalue weighted by Crippen LogP contribution is -2.38. The van der Waals surface area contributed by atoms with E-state index in [1.54, 1.807) is 24.3 Å². The Morgan fingerprint density at radius 3 is 1.26 bits per heavy atom. The van der Waals surface area contributed by atoms with Crippen LogP contribution in [-0.2, 0) is 0 Å². The van der Waals surface area contributed by atoms with Crippen molar-refractivity contribution in [2.45, 2.75) is 63.5 Å². The first kappa shape index (κ1) is 25.3. The van der Waals surface area contributed by atoms with Crippen LogP contribution in [0.25, 0.3) is 0 Å². The fourth-order valence-electron chi connectivity index (χ4n) is 4.76. The standard InChI is InChI=1S/C24H38N8O2/c25-23(26)29-13-15-1-9-19(10-2-15)31-21(33)17-5-7-18(8-6-17)22(34)32-20-11-3-16(4-12-20)14-30-24(27)28/h5-8,15-16,19-20H,1-4,9-14H2,(H,31,33)(H,32,34)(H4,25,26,29)(H4,27,28,30). The van der Waals surface area contributed by atoms with Crippen LogP contribution in [0.4, 0.5) is 0 Å². The van der Waals surface area contributed by atoms with Gasteiger partial charge in [-0.15, -0.1) is 0 Å². The molecule has 0 radical (unpaired) electrons.